The number of hydrogen-bond acceptors (Lipinski definition) is 5. The maximum Gasteiger partial charge on any atom is 0.319 e. The lowest BCUT2D eigenvalue weighted by Gasteiger charge is -2.34. The number of benzene rings is 2. The van der Waals surface area contributed by atoms with Gasteiger partial charge in [-0.1, -0.05) is 12.1 Å². The number of amides is 2. The van der Waals surface area contributed by atoms with E-state index in [2.05, 4.69) is 27.5 Å². The van der Waals surface area contributed by atoms with Gasteiger partial charge in [0.2, 0.25) is 0 Å². The third-order valence-electron chi connectivity index (χ3n) is 4.71. The molecular formula is C21H28N4O3. The maximum absolute atomic E-state index is 12.1. The fourth-order valence-corrected chi connectivity index (χ4v) is 3.06. The van der Waals surface area contributed by atoms with E-state index in [1.165, 1.54) is 5.69 Å². The molecule has 0 aromatic heterocycles. The summed E-state index contributed by atoms with van der Waals surface area (Å²) < 4.78 is 10.9. The average molecular weight is 384 g/mol. The summed E-state index contributed by atoms with van der Waals surface area (Å²) in [5, 5.41) is 5.63. The molecule has 0 atom stereocenters. The minimum Gasteiger partial charge on any atom is -0.493 e. The average Bonchev–Trinajstić information content (AvgIpc) is 2.73. The molecule has 1 aliphatic rings. The van der Waals surface area contributed by atoms with Crippen molar-refractivity contribution < 1.29 is 14.3 Å². The van der Waals surface area contributed by atoms with E-state index in [1.54, 1.807) is 7.11 Å². The van der Waals surface area contributed by atoms with Crippen LogP contribution in [0.15, 0.2) is 48.5 Å². The van der Waals surface area contributed by atoms with Crippen molar-refractivity contribution in [1.29, 1.82) is 0 Å². The van der Waals surface area contributed by atoms with Crippen LogP contribution in [0.3, 0.4) is 0 Å². The van der Waals surface area contributed by atoms with Crippen molar-refractivity contribution in [1.82, 2.24) is 10.2 Å². The normalized spacial score (nSPS) is 14.4. The molecule has 7 heteroatoms. The number of anilines is 2. The van der Waals surface area contributed by atoms with E-state index in [-0.39, 0.29) is 6.03 Å². The molecule has 0 radical (unpaired) electrons. The van der Waals surface area contributed by atoms with Gasteiger partial charge in [-0.3, -0.25) is 0 Å². The summed E-state index contributed by atoms with van der Waals surface area (Å²) in [4.78, 5) is 16.7. The van der Waals surface area contributed by atoms with Gasteiger partial charge in [0.1, 0.15) is 6.61 Å². The first-order chi connectivity index (χ1) is 13.7. The third-order valence-corrected chi connectivity index (χ3v) is 4.71. The zero-order chi connectivity index (χ0) is 19.8. The molecule has 1 fully saturated rings. The van der Waals surface area contributed by atoms with Crippen molar-refractivity contribution in [3.05, 3.63) is 48.5 Å². The van der Waals surface area contributed by atoms with Gasteiger partial charge in [0.05, 0.1) is 13.7 Å². The summed E-state index contributed by atoms with van der Waals surface area (Å²) in [5.74, 6) is 1.33. The quantitative estimate of drug-likeness (QED) is 0.719. The molecule has 0 saturated carbocycles. The van der Waals surface area contributed by atoms with Crippen LogP contribution in [-0.2, 0) is 0 Å². The summed E-state index contributed by atoms with van der Waals surface area (Å²) >= 11 is 0. The standard InChI is InChI=1S/C21H28N4O3/c1-24-12-14-25(15-13-24)18-9-7-17(8-10-18)23-21(26)22-11-16-28-20-6-4-3-5-19(20)27-2/h3-10H,11-16H2,1-2H3,(H2,22,23,26). The van der Waals surface area contributed by atoms with E-state index in [0.29, 0.717) is 24.7 Å². The second-order valence-electron chi connectivity index (χ2n) is 6.72. The minimum absolute atomic E-state index is 0.254. The second kappa shape index (κ2) is 9.85. The highest BCUT2D eigenvalue weighted by Crippen LogP contribution is 2.25. The Morgan fingerprint density at radius 2 is 1.68 bits per heavy atom. The molecule has 2 aromatic carbocycles. The first kappa shape index (κ1) is 19.8. The van der Waals surface area contributed by atoms with Crippen molar-refractivity contribution >= 4 is 17.4 Å². The Kier molecular flexibility index (Phi) is 6.97. The smallest absolute Gasteiger partial charge is 0.319 e. The fourth-order valence-electron chi connectivity index (χ4n) is 3.06. The van der Waals surface area contributed by atoms with E-state index in [4.69, 9.17) is 9.47 Å². The molecule has 1 heterocycles. The number of para-hydroxylation sites is 2. The predicted octanol–water partition coefficient (Wildman–Crippen LogP) is 2.65. The molecule has 28 heavy (non-hydrogen) atoms. The first-order valence-electron chi connectivity index (χ1n) is 9.50. The second-order valence-corrected chi connectivity index (χ2v) is 6.72. The molecule has 7 nitrogen and oxygen atoms in total. The Balaban J connectivity index is 1.40. The topological polar surface area (TPSA) is 66.1 Å². The van der Waals surface area contributed by atoms with Crippen molar-refractivity contribution in [2.45, 2.75) is 0 Å². The van der Waals surface area contributed by atoms with Crippen LogP contribution < -0.4 is 25.0 Å². The van der Waals surface area contributed by atoms with E-state index in [1.807, 2.05) is 48.5 Å². The number of ether oxygens (including phenoxy) is 2. The monoisotopic (exact) mass is 384 g/mol. The number of nitrogens with zero attached hydrogens (tertiary/aromatic N) is 2. The number of hydrogen-bond donors (Lipinski definition) is 2. The van der Waals surface area contributed by atoms with Crippen LogP contribution >= 0.6 is 0 Å². The Labute approximate surface area is 166 Å². The van der Waals surface area contributed by atoms with Gasteiger partial charge in [-0.2, -0.15) is 0 Å². The van der Waals surface area contributed by atoms with Crippen LogP contribution in [0, 0.1) is 0 Å². The number of carbonyl (C=O) groups is 1. The SMILES string of the molecule is COc1ccccc1OCCNC(=O)Nc1ccc(N2CCN(C)CC2)cc1. The lowest BCUT2D eigenvalue weighted by molar-refractivity contribution is 0.246. The molecule has 0 unspecified atom stereocenters. The Morgan fingerprint density at radius 3 is 2.36 bits per heavy atom. The molecule has 0 aliphatic carbocycles. The Bertz CT molecular complexity index is 759. The molecule has 2 aromatic rings. The molecule has 150 valence electrons. The molecule has 2 amide bonds. The van der Waals surface area contributed by atoms with Gasteiger partial charge in [0.15, 0.2) is 11.5 Å². The third kappa shape index (κ3) is 5.53. The van der Waals surface area contributed by atoms with Crippen molar-refractivity contribution in [2.24, 2.45) is 0 Å². The number of rotatable bonds is 7. The number of urea groups is 1. The van der Waals surface area contributed by atoms with Crippen LogP contribution in [0.5, 0.6) is 11.5 Å². The molecule has 3 rings (SSSR count). The number of piperazine rings is 1. The van der Waals surface area contributed by atoms with Gasteiger partial charge < -0.3 is 29.9 Å². The summed E-state index contributed by atoms with van der Waals surface area (Å²) in [6, 6.07) is 15.1. The van der Waals surface area contributed by atoms with Gasteiger partial charge >= 0.3 is 6.03 Å². The van der Waals surface area contributed by atoms with Crippen LogP contribution in [0.1, 0.15) is 0 Å². The molecule has 1 saturated heterocycles. The van der Waals surface area contributed by atoms with Crippen LogP contribution in [0.2, 0.25) is 0 Å². The zero-order valence-corrected chi connectivity index (χ0v) is 16.5. The highest BCUT2D eigenvalue weighted by molar-refractivity contribution is 5.89. The number of methoxy groups -OCH3 is 1. The van der Waals surface area contributed by atoms with Gasteiger partial charge in [-0.25, -0.2) is 4.79 Å². The highest BCUT2D eigenvalue weighted by atomic mass is 16.5. The number of carbonyl (C=O) groups excluding carboxylic acids is 1. The van der Waals surface area contributed by atoms with Crippen LogP contribution in [-0.4, -0.2) is 64.4 Å². The Hall–Kier alpha value is -2.93. The molecular weight excluding hydrogens is 356 g/mol. The van der Waals surface area contributed by atoms with E-state index in [9.17, 15) is 4.79 Å². The van der Waals surface area contributed by atoms with Gasteiger partial charge in [-0.15, -0.1) is 0 Å². The molecule has 0 spiro atoms. The van der Waals surface area contributed by atoms with Gasteiger partial charge in [0.25, 0.3) is 0 Å². The van der Waals surface area contributed by atoms with E-state index in [0.717, 1.165) is 31.9 Å². The predicted molar refractivity (Wildman–Crippen MR) is 112 cm³/mol. The van der Waals surface area contributed by atoms with Gasteiger partial charge in [-0.05, 0) is 43.4 Å². The van der Waals surface area contributed by atoms with Crippen LogP contribution in [0.4, 0.5) is 16.2 Å². The minimum atomic E-state index is -0.254. The number of nitrogens with one attached hydrogen (secondary N) is 2. The van der Waals surface area contributed by atoms with Crippen molar-refractivity contribution in [2.75, 3.05) is 63.7 Å². The van der Waals surface area contributed by atoms with Gasteiger partial charge in [0, 0.05) is 37.6 Å². The number of likely N-dealkylation sites (N-methyl/N-ethyl adjacent to an activating group) is 1. The Morgan fingerprint density at radius 1 is 1.00 bits per heavy atom. The summed E-state index contributed by atoms with van der Waals surface area (Å²) in [6.45, 7) is 4.93. The van der Waals surface area contributed by atoms with E-state index < -0.39 is 0 Å². The van der Waals surface area contributed by atoms with E-state index >= 15 is 0 Å². The van der Waals surface area contributed by atoms with Crippen LogP contribution in [0.25, 0.3) is 0 Å². The lowest BCUT2D eigenvalue weighted by Crippen LogP contribution is -2.44. The van der Waals surface area contributed by atoms with Crippen molar-refractivity contribution in [3.63, 3.8) is 0 Å². The molecule has 1 aliphatic heterocycles. The lowest BCUT2D eigenvalue weighted by atomic mass is 10.2. The maximum atomic E-state index is 12.1. The summed E-state index contributed by atoms with van der Waals surface area (Å²) in [6.07, 6.45) is 0. The zero-order valence-electron chi connectivity index (χ0n) is 16.5. The first-order valence-corrected chi connectivity index (χ1v) is 9.50. The molecule has 2 N–H and O–H groups in total. The molecule has 0 bridgehead atoms. The highest BCUT2D eigenvalue weighted by Gasteiger charge is 2.14. The van der Waals surface area contributed by atoms with Crippen molar-refractivity contribution in [3.8, 4) is 11.5 Å². The fraction of sp³-hybridized carbons (Fsp3) is 0.381. The summed E-state index contributed by atoms with van der Waals surface area (Å²) in [7, 11) is 3.74. The summed E-state index contributed by atoms with van der Waals surface area (Å²) in [5.41, 5.74) is 1.95. The largest absolute Gasteiger partial charge is 0.493 e.